The molecule has 0 aliphatic heterocycles. The first kappa shape index (κ1) is 8.17. The van der Waals surface area contributed by atoms with Crippen LogP contribution in [0.2, 0.25) is 0 Å². The van der Waals surface area contributed by atoms with E-state index < -0.39 is 5.97 Å². The fourth-order valence-corrected chi connectivity index (χ4v) is 0.393. The van der Waals surface area contributed by atoms with Gasteiger partial charge in [0.25, 0.3) is 0 Å². The number of allylic oxidation sites excluding steroid dienone is 1. The summed E-state index contributed by atoms with van der Waals surface area (Å²) in [4.78, 5) is 9.81. The lowest BCUT2D eigenvalue weighted by atomic mass is 10.3. The van der Waals surface area contributed by atoms with Gasteiger partial charge in [0.2, 0.25) is 0 Å². The molecule has 0 radical (unpaired) electrons. The lowest BCUT2D eigenvalue weighted by Crippen LogP contribution is -1.86. The summed E-state index contributed by atoms with van der Waals surface area (Å²) >= 11 is 0. The highest BCUT2D eigenvalue weighted by Crippen LogP contribution is 1.87. The highest BCUT2D eigenvalue weighted by atomic mass is 16.4. The molecule has 52 valence electrons. The van der Waals surface area contributed by atoms with Crippen molar-refractivity contribution in [3.63, 3.8) is 0 Å². The van der Waals surface area contributed by atoms with Crippen LogP contribution in [0.5, 0.6) is 0 Å². The van der Waals surface area contributed by atoms with Crippen molar-refractivity contribution in [1.29, 1.82) is 0 Å². The molecule has 0 aromatic rings. The van der Waals surface area contributed by atoms with E-state index in [0.29, 0.717) is 12.8 Å². The third kappa shape index (κ3) is 7.17. The van der Waals surface area contributed by atoms with Gasteiger partial charge < -0.3 is 10.2 Å². The normalized spacial score (nSPS) is 10.3. The number of rotatable bonds is 4. The molecule has 0 aromatic carbocycles. The highest BCUT2D eigenvalue weighted by Gasteiger charge is 1.83. The number of carboxylic acid groups (broad SMARTS) is 1. The smallest absolute Gasteiger partial charge is 0.327 e. The summed E-state index contributed by atoms with van der Waals surface area (Å²) in [5.74, 6) is -0.937. The molecule has 3 nitrogen and oxygen atoms in total. The van der Waals surface area contributed by atoms with E-state index in [9.17, 15) is 4.79 Å². The van der Waals surface area contributed by atoms with E-state index in [-0.39, 0.29) is 6.61 Å². The second-order valence-electron chi connectivity index (χ2n) is 1.61. The van der Waals surface area contributed by atoms with Crippen molar-refractivity contribution in [2.24, 2.45) is 0 Å². The molecule has 0 aromatic heterocycles. The number of carboxylic acids is 1. The van der Waals surface area contributed by atoms with Gasteiger partial charge in [-0.1, -0.05) is 6.08 Å². The van der Waals surface area contributed by atoms with Crippen LogP contribution in [0.15, 0.2) is 12.2 Å². The zero-order chi connectivity index (χ0) is 7.11. The standard InChI is InChI=1S/C6H10O3/c7-5-3-1-2-4-6(8)9/h2,4,7H,1,3,5H2,(H,8,9)/b4-2+. The molecular formula is C6H10O3. The summed E-state index contributed by atoms with van der Waals surface area (Å²) in [6.07, 6.45) is 3.86. The van der Waals surface area contributed by atoms with Gasteiger partial charge in [-0.3, -0.25) is 0 Å². The average molecular weight is 130 g/mol. The van der Waals surface area contributed by atoms with E-state index in [1.807, 2.05) is 0 Å². The molecule has 0 unspecified atom stereocenters. The van der Waals surface area contributed by atoms with E-state index in [1.165, 1.54) is 6.08 Å². The lowest BCUT2D eigenvalue weighted by Gasteiger charge is -1.84. The van der Waals surface area contributed by atoms with Crippen molar-refractivity contribution < 1.29 is 15.0 Å². The predicted octanol–water partition coefficient (Wildman–Crippen LogP) is 0.400. The van der Waals surface area contributed by atoms with Crippen LogP contribution in [-0.2, 0) is 4.79 Å². The molecule has 0 heterocycles. The molecule has 0 amide bonds. The molecule has 0 saturated carbocycles. The van der Waals surface area contributed by atoms with Gasteiger partial charge in [0.15, 0.2) is 0 Å². The molecule has 0 spiro atoms. The summed E-state index contributed by atoms with van der Waals surface area (Å²) in [7, 11) is 0. The number of hydrogen-bond acceptors (Lipinski definition) is 2. The Labute approximate surface area is 53.6 Å². The molecule has 3 heteroatoms. The Kier molecular flexibility index (Phi) is 4.82. The van der Waals surface area contributed by atoms with Crippen molar-refractivity contribution in [2.75, 3.05) is 6.61 Å². The minimum Gasteiger partial charge on any atom is -0.478 e. The van der Waals surface area contributed by atoms with Gasteiger partial charge in [0.1, 0.15) is 0 Å². The predicted molar refractivity (Wildman–Crippen MR) is 33.1 cm³/mol. The molecule has 2 N–H and O–H groups in total. The Morgan fingerprint density at radius 3 is 2.67 bits per heavy atom. The number of hydrogen-bond donors (Lipinski definition) is 2. The van der Waals surface area contributed by atoms with Crippen molar-refractivity contribution in [2.45, 2.75) is 12.8 Å². The maximum Gasteiger partial charge on any atom is 0.327 e. The summed E-state index contributed by atoms with van der Waals surface area (Å²) in [6.45, 7) is 0.115. The molecule has 0 aliphatic carbocycles. The number of aliphatic carboxylic acids is 1. The second-order valence-corrected chi connectivity index (χ2v) is 1.61. The van der Waals surface area contributed by atoms with Crippen LogP contribution in [0, 0.1) is 0 Å². The van der Waals surface area contributed by atoms with Crippen molar-refractivity contribution >= 4 is 5.97 Å². The number of carbonyl (C=O) groups is 1. The Morgan fingerprint density at radius 2 is 2.22 bits per heavy atom. The third-order valence-electron chi connectivity index (χ3n) is 0.789. The first-order chi connectivity index (χ1) is 4.27. The fraction of sp³-hybridized carbons (Fsp3) is 0.500. The fourth-order valence-electron chi connectivity index (χ4n) is 0.393. The first-order valence-corrected chi connectivity index (χ1v) is 2.77. The highest BCUT2D eigenvalue weighted by molar-refractivity contribution is 5.79. The molecule has 0 rings (SSSR count). The van der Waals surface area contributed by atoms with Crippen LogP contribution in [0.1, 0.15) is 12.8 Å². The van der Waals surface area contributed by atoms with Gasteiger partial charge in [-0.25, -0.2) is 4.79 Å². The van der Waals surface area contributed by atoms with Crippen LogP contribution in [0.25, 0.3) is 0 Å². The number of aliphatic hydroxyl groups excluding tert-OH is 1. The quantitative estimate of drug-likeness (QED) is 0.427. The van der Waals surface area contributed by atoms with Crippen LogP contribution >= 0.6 is 0 Å². The Hall–Kier alpha value is -0.830. The van der Waals surface area contributed by atoms with Crippen LogP contribution in [0.4, 0.5) is 0 Å². The second kappa shape index (κ2) is 5.31. The topological polar surface area (TPSA) is 57.5 Å². The number of aliphatic hydroxyl groups is 1. The van der Waals surface area contributed by atoms with Crippen molar-refractivity contribution in [3.8, 4) is 0 Å². The minimum absolute atomic E-state index is 0.115. The Balaban J connectivity index is 3.15. The monoisotopic (exact) mass is 130 g/mol. The van der Waals surface area contributed by atoms with Gasteiger partial charge in [0.05, 0.1) is 0 Å². The van der Waals surface area contributed by atoms with Gasteiger partial charge in [-0.05, 0) is 12.8 Å². The molecular weight excluding hydrogens is 120 g/mol. The molecule has 0 saturated heterocycles. The SMILES string of the molecule is O=C(O)/C=C/CCCO. The Bertz CT molecular complexity index is 107. The van der Waals surface area contributed by atoms with E-state index in [1.54, 1.807) is 0 Å². The van der Waals surface area contributed by atoms with E-state index in [2.05, 4.69) is 0 Å². The number of unbranched alkanes of at least 4 members (excludes halogenated alkanes) is 1. The summed E-state index contributed by atoms with van der Waals surface area (Å²) in [5, 5.41) is 16.3. The lowest BCUT2D eigenvalue weighted by molar-refractivity contribution is -0.131. The molecule has 0 bridgehead atoms. The van der Waals surface area contributed by atoms with Crippen molar-refractivity contribution in [3.05, 3.63) is 12.2 Å². The van der Waals surface area contributed by atoms with Gasteiger partial charge in [-0.15, -0.1) is 0 Å². The zero-order valence-electron chi connectivity index (χ0n) is 5.08. The summed E-state index contributed by atoms with van der Waals surface area (Å²) in [5.41, 5.74) is 0. The van der Waals surface area contributed by atoms with E-state index in [4.69, 9.17) is 10.2 Å². The van der Waals surface area contributed by atoms with Crippen LogP contribution < -0.4 is 0 Å². The summed E-state index contributed by atoms with van der Waals surface area (Å²) in [6, 6.07) is 0. The summed E-state index contributed by atoms with van der Waals surface area (Å²) < 4.78 is 0. The molecule has 0 atom stereocenters. The minimum atomic E-state index is -0.937. The van der Waals surface area contributed by atoms with Crippen LogP contribution in [-0.4, -0.2) is 22.8 Å². The van der Waals surface area contributed by atoms with Crippen LogP contribution in [0.3, 0.4) is 0 Å². The van der Waals surface area contributed by atoms with Crippen molar-refractivity contribution in [1.82, 2.24) is 0 Å². The zero-order valence-corrected chi connectivity index (χ0v) is 5.08. The Morgan fingerprint density at radius 1 is 1.56 bits per heavy atom. The average Bonchev–Trinajstić information content (AvgIpc) is 1.80. The largest absolute Gasteiger partial charge is 0.478 e. The van der Waals surface area contributed by atoms with Gasteiger partial charge >= 0.3 is 5.97 Å². The first-order valence-electron chi connectivity index (χ1n) is 2.77. The maximum atomic E-state index is 9.81. The molecule has 0 aliphatic rings. The third-order valence-corrected chi connectivity index (χ3v) is 0.789. The van der Waals surface area contributed by atoms with Gasteiger partial charge in [-0.2, -0.15) is 0 Å². The maximum absolute atomic E-state index is 9.81. The van der Waals surface area contributed by atoms with Gasteiger partial charge in [0, 0.05) is 12.7 Å². The molecule has 0 fully saturated rings. The van der Waals surface area contributed by atoms with E-state index >= 15 is 0 Å². The van der Waals surface area contributed by atoms with E-state index in [0.717, 1.165) is 6.08 Å². The molecule has 9 heavy (non-hydrogen) atoms.